The molecular formula is C52H75N15O14. The number of para-hydroxylation sites is 1. The Labute approximate surface area is 466 Å². The van der Waals surface area contributed by atoms with Gasteiger partial charge in [0.15, 0.2) is 12.0 Å². The number of nitrogens with two attached hydrogens (primary N) is 5. The lowest BCUT2D eigenvalue weighted by molar-refractivity contribution is -0.146. The topological polar surface area (TPSA) is 494 Å². The average molecular weight is 1130 g/mol. The van der Waals surface area contributed by atoms with Gasteiger partial charge in [-0.3, -0.25) is 52.9 Å². The van der Waals surface area contributed by atoms with Crippen molar-refractivity contribution in [3.8, 4) is 5.75 Å². The fraction of sp³-hybridized carbons (Fsp3) is 0.500. The number of carbonyl (C=O) groups is 11. The fourth-order valence-corrected chi connectivity index (χ4v) is 8.83. The van der Waals surface area contributed by atoms with E-state index in [-0.39, 0.29) is 82.6 Å². The van der Waals surface area contributed by atoms with Gasteiger partial charge < -0.3 is 91.1 Å². The van der Waals surface area contributed by atoms with Crippen molar-refractivity contribution in [3.63, 3.8) is 0 Å². The van der Waals surface area contributed by atoms with Crippen LogP contribution in [0.15, 0.2) is 59.7 Å². The standard InChI is InChI=1S/C52H75N15O14/c1-26(2)42(49(78)66-43(27(3)68)51(80)81)65-48(77)38-11-7-21-67(38)50(79)37(23-29-24-59-33-9-5-4-8-31(29)33)64-46(75)34(10-6-20-58-52(56)57)63-47(76)36(22-28-12-14-30(69)15-13-28)61-41(72)25-60-45(74)35(17-19-40(55)71)62-44(73)32(53)16-18-39(54)70/h4-5,8-9,12-15,24,26-27,32,34-38,42-43,59,68-69H,6-7,10-11,16-23,25,53H2,1-3H3,(H2,54,70)(H2,55,71)(H,60,74)(H,61,72)(H,62,73)(H,63,76)(H,64,75)(H,65,77)(H,66,78)(H,80,81)(H4,56,57,58)/t27-,32+,34+,35+,36+,37+,38+,42+,43+/m1/s1. The Morgan fingerprint density at radius 2 is 1.32 bits per heavy atom. The predicted octanol–water partition coefficient (Wildman–Crippen LogP) is -4.29. The van der Waals surface area contributed by atoms with Crippen LogP contribution in [0.3, 0.4) is 0 Å². The molecule has 442 valence electrons. The third-order valence-corrected chi connectivity index (χ3v) is 13.2. The number of aliphatic hydroxyl groups excluding tert-OH is 1. The third kappa shape index (κ3) is 20.4. The molecule has 0 unspecified atom stereocenters. The molecule has 1 aliphatic heterocycles. The number of phenols is 1. The highest BCUT2D eigenvalue weighted by Crippen LogP contribution is 2.24. The highest BCUT2D eigenvalue weighted by atomic mass is 16.4. The number of aliphatic carboxylic acids is 1. The van der Waals surface area contributed by atoms with E-state index in [0.29, 0.717) is 28.5 Å². The fourth-order valence-electron chi connectivity index (χ4n) is 8.83. The molecule has 29 heteroatoms. The summed E-state index contributed by atoms with van der Waals surface area (Å²) < 4.78 is 0. The Kier molecular flexibility index (Phi) is 24.8. The Hall–Kier alpha value is -8.86. The van der Waals surface area contributed by atoms with E-state index < -0.39 is 132 Å². The number of hydrogen-bond donors (Lipinski definition) is 16. The van der Waals surface area contributed by atoms with Gasteiger partial charge in [0, 0.05) is 55.9 Å². The Morgan fingerprint density at radius 1 is 0.704 bits per heavy atom. The van der Waals surface area contributed by atoms with Crippen LogP contribution in [-0.4, -0.2) is 170 Å². The largest absolute Gasteiger partial charge is 0.508 e. The minimum absolute atomic E-state index is 0.0107. The zero-order valence-corrected chi connectivity index (χ0v) is 45.3. The number of H-pyrrole nitrogens is 1. The van der Waals surface area contributed by atoms with Gasteiger partial charge in [-0.2, -0.15) is 0 Å². The lowest BCUT2D eigenvalue weighted by Gasteiger charge is -2.31. The molecule has 9 atom stereocenters. The number of aliphatic hydroxyl groups is 1. The first kappa shape index (κ1) is 64.7. The van der Waals surface area contributed by atoms with E-state index in [9.17, 15) is 68.1 Å². The Bertz CT molecular complexity index is 2770. The summed E-state index contributed by atoms with van der Waals surface area (Å²) in [6, 6.07) is 1.58. The minimum atomic E-state index is -1.68. The molecule has 29 nitrogen and oxygen atoms in total. The number of carbonyl (C=O) groups excluding carboxylic acids is 10. The SMILES string of the molecule is CC(C)[C@H](NC(=O)[C@@H]1CCCN1C(=O)[C@H](Cc1c[nH]c2ccccc12)NC(=O)[C@H](CCCN=C(N)N)NC(=O)[C@H](Cc1ccc(O)cc1)NC(=O)CNC(=O)[C@H](CCC(N)=O)NC(=O)[C@@H](N)CCC(N)=O)C(=O)N[C@H](C(=O)O)[C@@H](C)O. The van der Waals surface area contributed by atoms with Gasteiger partial charge in [0.25, 0.3) is 0 Å². The molecule has 1 aliphatic rings. The first-order valence-electron chi connectivity index (χ1n) is 26.3. The Balaban J connectivity index is 1.64. The van der Waals surface area contributed by atoms with Crippen molar-refractivity contribution in [3.05, 3.63) is 65.9 Å². The molecule has 0 aliphatic carbocycles. The van der Waals surface area contributed by atoms with Gasteiger partial charge in [-0.25, -0.2) is 4.79 Å². The number of nitrogens with zero attached hydrogens (tertiary/aromatic N) is 2. The number of carboxylic acids is 1. The molecule has 1 aromatic heterocycles. The predicted molar refractivity (Wildman–Crippen MR) is 292 cm³/mol. The van der Waals surface area contributed by atoms with E-state index in [2.05, 4.69) is 47.2 Å². The van der Waals surface area contributed by atoms with Crippen LogP contribution in [0.5, 0.6) is 5.75 Å². The minimum Gasteiger partial charge on any atom is -0.508 e. The van der Waals surface area contributed by atoms with Crippen molar-refractivity contribution >= 4 is 81.9 Å². The van der Waals surface area contributed by atoms with Crippen molar-refractivity contribution in [2.75, 3.05) is 19.6 Å². The summed E-state index contributed by atoms with van der Waals surface area (Å²) in [6.45, 7) is 3.65. The maximum atomic E-state index is 15.0. The second-order valence-corrected chi connectivity index (χ2v) is 20.0. The third-order valence-electron chi connectivity index (χ3n) is 13.2. The zero-order valence-electron chi connectivity index (χ0n) is 45.3. The van der Waals surface area contributed by atoms with Gasteiger partial charge in [-0.05, 0) is 80.7 Å². The van der Waals surface area contributed by atoms with Crippen LogP contribution in [0.4, 0.5) is 0 Å². The molecule has 0 radical (unpaired) electrons. The van der Waals surface area contributed by atoms with Crippen LogP contribution in [0.1, 0.15) is 83.3 Å². The number of guanidine groups is 1. The first-order chi connectivity index (χ1) is 38.2. The number of likely N-dealkylation sites (tertiary alicyclic amines) is 1. The van der Waals surface area contributed by atoms with Crippen LogP contribution < -0.4 is 65.9 Å². The van der Waals surface area contributed by atoms with E-state index in [1.807, 2.05) is 0 Å². The molecule has 1 fully saturated rings. The number of benzene rings is 2. The molecule has 0 bridgehead atoms. The second kappa shape index (κ2) is 31.1. The van der Waals surface area contributed by atoms with E-state index in [1.165, 1.54) is 36.1 Å². The van der Waals surface area contributed by atoms with Crippen molar-refractivity contribution < 1.29 is 68.1 Å². The van der Waals surface area contributed by atoms with Gasteiger partial charge in [-0.1, -0.05) is 44.2 Å². The lowest BCUT2D eigenvalue weighted by atomic mass is 10.0. The smallest absolute Gasteiger partial charge is 0.328 e. The van der Waals surface area contributed by atoms with Crippen molar-refractivity contribution in [1.82, 2.24) is 47.1 Å². The number of fused-ring (bicyclic) bond motifs is 1. The van der Waals surface area contributed by atoms with Crippen molar-refractivity contribution in [1.29, 1.82) is 0 Å². The maximum Gasteiger partial charge on any atom is 0.328 e. The second-order valence-electron chi connectivity index (χ2n) is 20.0. The number of primary amides is 2. The van der Waals surface area contributed by atoms with Gasteiger partial charge >= 0.3 is 5.97 Å². The van der Waals surface area contributed by atoms with E-state index in [0.717, 1.165) is 0 Å². The number of aromatic amines is 1. The monoisotopic (exact) mass is 1130 g/mol. The number of hydrogen-bond acceptors (Lipinski definition) is 15. The number of aromatic nitrogens is 1. The number of amides is 10. The quantitative estimate of drug-likeness (QED) is 0.0160. The summed E-state index contributed by atoms with van der Waals surface area (Å²) in [5, 5.41) is 47.9. The maximum absolute atomic E-state index is 15.0. The lowest BCUT2D eigenvalue weighted by Crippen LogP contribution is -2.60. The highest BCUT2D eigenvalue weighted by molar-refractivity contribution is 5.98. The molecular weight excluding hydrogens is 1060 g/mol. The molecule has 3 aromatic rings. The molecule has 21 N–H and O–H groups in total. The number of aliphatic imine (C=N–C) groups is 1. The molecule has 10 amide bonds. The molecule has 0 spiro atoms. The molecule has 81 heavy (non-hydrogen) atoms. The van der Waals surface area contributed by atoms with Crippen molar-refractivity contribution in [2.45, 2.75) is 139 Å². The first-order valence-corrected chi connectivity index (χ1v) is 26.3. The molecule has 0 saturated carbocycles. The summed E-state index contributed by atoms with van der Waals surface area (Å²) in [5.41, 5.74) is 29.2. The molecule has 2 heterocycles. The number of nitrogens with one attached hydrogen (secondary N) is 8. The van der Waals surface area contributed by atoms with E-state index in [1.54, 1.807) is 44.3 Å². The summed E-state index contributed by atoms with van der Waals surface area (Å²) in [6.07, 6.45) is -0.838. The summed E-state index contributed by atoms with van der Waals surface area (Å²) in [5.74, 6) is -10.9. The zero-order chi connectivity index (χ0) is 60.1. The molecule has 4 rings (SSSR count). The van der Waals surface area contributed by atoms with Crippen LogP contribution >= 0.6 is 0 Å². The van der Waals surface area contributed by atoms with Crippen molar-refractivity contribution in [2.24, 2.45) is 39.6 Å². The highest BCUT2D eigenvalue weighted by Gasteiger charge is 2.41. The van der Waals surface area contributed by atoms with Gasteiger partial charge in [0.2, 0.25) is 59.1 Å². The van der Waals surface area contributed by atoms with Crippen LogP contribution in [0, 0.1) is 5.92 Å². The number of phenolic OH excluding ortho intramolecular Hbond substituents is 1. The molecule has 1 saturated heterocycles. The normalized spacial score (nSPS) is 16.0. The number of carboxylic acid groups (broad SMARTS) is 1. The van der Waals surface area contributed by atoms with Gasteiger partial charge in [-0.15, -0.1) is 0 Å². The average Bonchev–Trinajstić information content (AvgIpc) is 4.08. The summed E-state index contributed by atoms with van der Waals surface area (Å²) in [4.78, 5) is 155. The van der Waals surface area contributed by atoms with Gasteiger partial charge in [0.05, 0.1) is 18.7 Å². The van der Waals surface area contributed by atoms with Crippen LogP contribution in [0.2, 0.25) is 0 Å². The number of aromatic hydroxyl groups is 1. The number of rotatable bonds is 32. The summed E-state index contributed by atoms with van der Waals surface area (Å²) in [7, 11) is 0. The van der Waals surface area contributed by atoms with E-state index >= 15 is 0 Å². The van der Waals surface area contributed by atoms with Crippen LogP contribution in [-0.2, 0) is 65.6 Å². The Morgan fingerprint density at radius 3 is 1.95 bits per heavy atom. The summed E-state index contributed by atoms with van der Waals surface area (Å²) >= 11 is 0. The van der Waals surface area contributed by atoms with Gasteiger partial charge in [0.1, 0.15) is 42.0 Å². The van der Waals surface area contributed by atoms with Crippen LogP contribution in [0.25, 0.3) is 10.9 Å². The van der Waals surface area contributed by atoms with E-state index in [4.69, 9.17) is 28.7 Å². The molecule has 2 aromatic carbocycles.